The molecule has 2 rings (SSSR count). The number of benzene rings is 1. The first kappa shape index (κ1) is 13.4. The third-order valence-electron chi connectivity index (χ3n) is 2.69. The minimum atomic E-state index is -0.416. The molecule has 0 spiro atoms. The Hall–Kier alpha value is -2.04. The van der Waals surface area contributed by atoms with Crippen LogP contribution in [0.15, 0.2) is 33.5 Å². The highest BCUT2D eigenvalue weighted by atomic mass is 19.1. The van der Waals surface area contributed by atoms with Crippen LogP contribution in [0.1, 0.15) is 12.8 Å². The molecule has 1 aromatic carbocycles. The Morgan fingerprint density at radius 3 is 2.79 bits per heavy atom. The molecular formula is C14H15FO4. The molecule has 0 saturated heterocycles. The summed E-state index contributed by atoms with van der Waals surface area (Å²) < 4.78 is 27.8. The van der Waals surface area contributed by atoms with E-state index in [2.05, 4.69) is 0 Å². The average Bonchev–Trinajstić information content (AvgIpc) is 2.42. The highest BCUT2D eigenvalue weighted by Crippen LogP contribution is 2.31. The Balaban J connectivity index is 2.27. The van der Waals surface area contributed by atoms with Gasteiger partial charge in [0.25, 0.3) is 0 Å². The quantitative estimate of drug-likeness (QED) is 0.596. The van der Waals surface area contributed by atoms with Gasteiger partial charge in [0.05, 0.1) is 20.4 Å². The van der Waals surface area contributed by atoms with E-state index in [0.29, 0.717) is 36.5 Å². The first-order valence-electron chi connectivity index (χ1n) is 6.05. The molecule has 0 aliphatic carbocycles. The standard InChI is InChI=1S/C14H15FO4/c1-17-12-8-10-4-5-14(16)19-11(10)9-13(12)18-7-3-2-6-15/h4-5,8-9H,2-3,6-7H2,1H3. The smallest absolute Gasteiger partial charge is 0.336 e. The van der Waals surface area contributed by atoms with Crippen LogP contribution in [0, 0.1) is 0 Å². The fourth-order valence-corrected chi connectivity index (χ4v) is 1.73. The van der Waals surface area contributed by atoms with E-state index < -0.39 is 5.63 Å². The van der Waals surface area contributed by atoms with Crippen molar-refractivity contribution >= 4 is 11.0 Å². The largest absolute Gasteiger partial charge is 0.493 e. The molecule has 2 aromatic rings. The number of rotatable bonds is 6. The molecule has 0 fully saturated rings. The van der Waals surface area contributed by atoms with Gasteiger partial charge in [-0.25, -0.2) is 4.79 Å². The number of hydrogen-bond acceptors (Lipinski definition) is 4. The van der Waals surface area contributed by atoms with Gasteiger partial charge in [-0.05, 0) is 25.0 Å². The fraction of sp³-hybridized carbons (Fsp3) is 0.357. The van der Waals surface area contributed by atoms with Crippen LogP contribution < -0.4 is 15.1 Å². The second kappa shape index (κ2) is 6.22. The Morgan fingerprint density at radius 1 is 1.21 bits per heavy atom. The summed E-state index contributed by atoms with van der Waals surface area (Å²) in [5.41, 5.74) is 0.0230. The van der Waals surface area contributed by atoms with Gasteiger partial charge in [-0.3, -0.25) is 4.39 Å². The molecule has 0 radical (unpaired) electrons. The number of alkyl halides is 1. The third kappa shape index (κ3) is 3.24. The maximum atomic E-state index is 12.0. The van der Waals surface area contributed by atoms with Crippen LogP contribution in [0.25, 0.3) is 11.0 Å². The lowest BCUT2D eigenvalue weighted by molar-refractivity contribution is 0.280. The van der Waals surface area contributed by atoms with Crippen molar-refractivity contribution in [2.75, 3.05) is 20.4 Å². The summed E-state index contributed by atoms with van der Waals surface area (Å²) >= 11 is 0. The molecule has 0 aliphatic rings. The lowest BCUT2D eigenvalue weighted by Gasteiger charge is -2.11. The summed E-state index contributed by atoms with van der Waals surface area (Å²) in [6.07, 6.45) is 1.08. The van der Waals surface area contributed by atoms with Gasteiger partial charge < -0.3 is 13.9 Å². The second-order valence-electron chi connectivity index (χ2n) is 4.04. The predicted molar refractivity (Wildman–Crippen MR) is 69.7 cm³/mol. The molecule has 5 heteroatoms. The summed E-state index contributed by atoms with van der Waals surface area (Å²) in [6, 6.07) is 6.37. The third-order valence-corrected chi connectivity index (χ3v) is 2.69. The van der Waals surface area contributed by atoms with Crippen LogP contribution in [0.3, 0.4) is 0 Å². The number of hydrogen-bond donors (Lipinski definition) is 0. The van der Waals surface area contributed by atoms with E-state index in [9.17, 15) is 9.18 Å². The van der Waals surface area contributed by atoms with E-state index in [1.165, 1.54) is 13.2 Å². The van der Waals surface area contributed by atoms with Crippen molar-refractivity contribution in [2.45, 2.75) is 12.8 Å². The van der Waals surface area contributed by atoms with Crippen molar-refractivity contribution in [2.24, 2.45) is 0 Å². The van der Waals surface area contributed by atoms with Gasteiger partial charge in [-0.15, -0.1) is 0 Å². The Kier molecular flexibility index (Phi) is 4.39. The summed E-state index contributed by atoms with van der Waals surface area (Å²) in [5, 5.41) is 0.757. The molecule has 102 valence electrons. The second-order valence-corrected chi connectivity index (χ2v) is 4.04. The van der Waals surface area contributed by atoms with Crippen molar-refractivity contribution in [3.63, 3.8) is 0 Å². The predicted octanol–water partition coefficient (Wildman–Crippen LogP) is 2.93. The normalized spacial score (nSPS) is 10.6. The van der Waals surface area contributed by atoms with Gasteiger partial charge in [-0.2, -0.15) is 0 Å². The zero-order valence-electron chi connectivity index (χ0n) is 10.6. The first-order chi connectivity index (χ1) is 9.24. The minimum Gasteiger partial charge on any atom is -0.493 e. The zero-order valence-corrected chi connectivity index (χ0v) is 10.6. The Morgan fingerprint density at radius 2 is 2.05 bits per heavy atom. The van der Waals surface area contributed by atoms with Crippen LogP contribution in [-0.4, -0.2) is 20.4 Å². The molecule has 0 saturated carbocycles. The van der Waals surface area contributed by atoms with E-state index in [4.69, 9.17) is 13.9 Å². The van der Waals surface area contributed by atoms with Crippen LogP contribution >= 0.6 is 0 Å². The topological polar surface area (TPSA) is 48.7 Å². The Bertz CT molecular complexity index is 606. The molecule has 0 bridgehead atoms. The van der Waals surface area contributed by atoms with E-state index >= 15 is 0 Å². The number of halogens is 1. The molecule has 1 heterocycles. The highest BCUT2D eigenvalue weighted by Gasteiger charge is 2.08. The minimum absolute atomic E-state index is 0.354. The summed E-state index contributed by atoms with van der Waals surface area (Å²) in [5.74, 6) is 1.05. The monoisotopic (exact) mass is 266 g/mol. The van der Waals surface area contributed by atoms with Gasteiger partial charge in [0.1, 0.15) is 5.58 Å². The van der Waals surface area contributed by atoms with Crippen molar-refractivity contribution in [3.8, 4) is 11.5 Å². The Labute approximate surface area is 109 Å². The molecular weight excluding hydrogens is 251 g/mol. The highest BCUT2D eigenvalue weighted by molar-refractivity contribution is 5.80. The van der Waals surface area contributed by atoms with Gasteiger partial charge in [-0.1, -0.05) is 0 Å². The van der Waals surface area contributed by atoms with E-state index in [1.54, 1.807) is 18.2 Å². The average molecular weight is 266 g/mol. The maximum absolute atomic E-state index is 12.0. The molecule has 19 heavy (non-hydrogen) atoms. The lowest BCUT2D eigenvalue weighted by Crippen LogP contribution is -2.01. The first-order valence-corrected chi connectivity index (χ1v) is 6.05. The maximum Gasteiger partial charge on any atom is 0.336 e. The van der Waals surface area contributed by atoms with Crippen molar-refractivity contribution in [1.29, 1.82) is 0 Å². The molecule has 1 aromatic heterocycles. The van der Waals surface area contributed by atoms with E-state index in [1.807, 2.05) is 0 Å². The van der Waals surface area contributed by atoms with Gasteiger partial charge in [0.15, 0.2) is 11.5 Å². The zero-order chi connectivity index (χ0) is 13.7. The molecule has 0 atom stereocenters. The molecule has 0 amide bonds. The van der Waals surface area contributed by atoms with Gasteiger partial charge in [0, 0.05) is 17.5 Å². The number of ether oxygens (including phenoxy) is 2. The number of methoxy groups -OCH3 is 1. The molecule has 4 nitrogen and oxygen atoms in total. The van der Waals surface area contributed by atoms with Crippen LogP contribution in [0.5, 0.6) is 11.5 Å². The number of fused-ring (bicyclic) bond motifs is 1. The van der Waals surface area contributed by atoms with Crippen LogP contribution in [0.2, 0.25) is 0 Å². The van der Waals surface area contributed by atoms with Gasteiger partial charge in [0.2, 0.25) is 0 Å². The summed E-state index contributed by atoms with van der Waals surface area (Å²) in [4.78, 5) is 11.2. The summed E-state index contributed by atoms with van der Waals surface area (Å²) in [7, 11) is 1.54. The van der Waals surface area contributed by atoms with E-state index in [0.717, 1.165) is 5.39 Å². The molecule has 0 aliphatic heterocycles. The number of unbranched alkanes of at least 4 members (excludes halogenated alkanes) is 1. The molecule has 0 unspecified atom stereocenters. The van der Waals surface area contributed by atoms with Crippen molar-refractivity contribution in [1.82, 2.24) is 0 Å². The molecule has 0 N–H and O–H groups in total. The fourth-order valence-electron chi connectivity index (χ4n) is 1.73. The lowest BCUT2D eigenvalue weighted by atomic mass is 10.2. The van der Waals surface area contributed by atoms with Crippen LogP contribution in [0.4, 0.5) is 4.39 Å². The van der Waals surface area contributed by atoms with Gasteiger partial charge >= 0.3 is 5.63 Å². The van der Waals surface area contributed by atoms with Crippen molar-refractivity contribution < 1.29 is 18.3 Å². The van der Waals surface area contributed by atoms with E-state index in [-0.39, 0.29) is 6.67 Å². The SMILES string of the molecule is COc1cc2ccc(=O)oc2cc1OCCCCF. The summed E-state index contributed by atoms with van der Waals surface area (Å²) in [6.45, 7) is 0.0376. The van der Waals surface area contributed by atoms with Crippen LogP contribution in [-0.2, 0) is 0 Å². The van der Waals surface area contributed by atoms with Crippen molar-refractivity contribution in [3.05, 3.63) is 34.7 Å².